The molecule has 1 saturated heterocycles. The van der Waals surface area contributed by atoms with E-state index in [1.165, 1.54) is 0 Å². The van der Waals surface area contributed by atoms with Crippen LogP contribution in [-0.2, 0) is 11.3 Å². The van der Waals surface area contributed by atoms with Crippen molar-refractivity contribution in [1.82, 2.24) is 10.6 Å². The first-order valence-electron chi connectivity index (χ1n) is 5.96. The molecular weight excluding hydrogens is 252 g/mol. The number of halogens is 1. The second-order valence-electron chi connectivity index (χ2n) is 4.34. The molecule has 2 atom stereocenters. The monoisotopic (exact) mass is 270 g/mol. The third-order valence-corrected chi connectivity index (χ3v) is 3.04. The molecule has 0 radical (unpaired) electrons. The highest BCUT2D eigenvalue weighted by atomic mass is 35.5. The highest BCUT2D eigenvalue weighted by Gasteiger charge is 2.24. The van der Waals surface area contributed by atoms with Gasteiger partial charge in [-0.25, -0.2) is 4.79 Å². The minimum absolute atomic E-state index is 0. The van der Waals surface area contributed by atoms with E-state index in [-0.39, 0.29) is 24.5 Å². The molecule has 0 bridgehead atoms. The van der Waals surface area contributed by atoms with Crippen LogP contribution in [-0.4, -0.2) is 24.7 Å². The van der Waals surface area contributed by atoms with Crippen LogP contribution in [0.3, 0.4) is 0 Å². The predicted octanol–water partition coefficient (Wildman–Crippen LogP) is 2.09. The van der Waals surface area contributed by atoms with Crippen molar-refractivity contribution in [3.05, 3.63) is 35.9 Å². The molecule has 1 amide bonds. The molecule has 0 aromatic heterocycles. The summed E-state index contributed by atoms with van der Waals surface area (Å²) in [5.41, 5.74) is 1.00. The van der Waals surface area contributed by atoms with Gasteiger partial charge in [0.1, 0.15) is 6.61 Å². The number of carbonyl (C=O) groups excluding carboxylic acids is 1. The number of ether oxygens (including phenoxy) is 1. The van der Waals surface area contributed by atoms with Gasteiger partial charge in [-0.05, 0) is 25.5 Å². The van der Waals surface area contributed by atoms with Crippen molar-refractivity contribution in [1.29, 1.82) is 0 Å². The minimum Gasteiger partial charge on any atom is -0.445 e. The maximum absolute atomic E-state index is 11.6. The highest BCUT2D eigenvalue weighted by molar-refractivity contribution is 5.85. The van der Waals surface area contributed by atoms with Crippen molar-refractivity contribution >= 4 is 18.5 Å². The van der Waals surface area contributed by atoms with Gasteiger partial charge in [0.25, 0.3) is 0 Å². The Morgan fingerprint density at radius 3 is 2.78 bits per heavy atom. The first-order valence-corrected chi connectivity index (χ1v) is 5.96. The summed E-state index contributed by atoms with van der Waals surface area (Å²) in [6, 6.07) is 10.2. The average Bonchev–Trinajstić information content (AvgIpc) is 2.74. The summed E-state index contributed by atoms with van der Waals surface area (Å²) in [7, 11) is 0. The van der Waals surface area contributed by atoms with Gasteiger partial charge in [-0.3, -0.25) is 0 Å². The number of amides is 1. The normalized spacial score (nSPS) is 22.1. The van der Waals surface area contributed by atoms with Gasteiger partial charge in [-0.1, -0.05) is 30.3 Å². The lowest BCUT2D eigenvalue weighted by Crippen LogP contribution is -2.41. The van der Waals surface area contributed by atoms with Crippen molar-refractivity contribution in [3.63, 3.8) is 0 Å². The van der Waals surface area contributed by atoms with E-state index in [1.807, 2.05) is 30.3 Å². The van der Waals surface area contributed by atoms with Crippen LogP contribution in [0.15, 0.2) is 30.3 Å². The van der Waals surface area contributed by atoms with Gasteiger partial charge < -0.3 is 15.4 Å². The fraction of sp³-hybridized carbons (Fsp3) is 0.462. The standard InChI is InChI=1S/C13H18N2O2.ClH/c1-10-12(7-8-14-10)15-13(16)17-9-11-5-3-2-4-6-11;/h2-6,10,12,14H,7-9H2,1H3,(H,15,16);1H. The highest BCUT2D eigenvalue weighted by Crippen LogP contribution is 2.07. The van der Waals surface area contributed by atoms with Crippen molar-refractivity contribution in [3.8, 4) is 0 Å². The summed E-state index contributed by atoms with van der Waals surface area (Å²) in [5.74, 6) is 0. The van der Waals surface area contributed by atoms with Crippen LogP contribution < -0.4 is 10.6 Å². The first-order chi connectivity index (χ1) is 8.25. The van der Waals surface area contributed by atoms with Crippen LogP contribution >= 0.6 is 12.4 Å². The van der Waals surface area contributed by atoms with E-state index < -0.39 is 0 Å². The molecule has 100 valence electrons. The molecule has 18 heavy (non-hydrogen) atoms. The number of carbonyl (C=O) groups is 1. The Labute approximate surface area is 114 Å². The lowest BCUT2D eigenvalue weighted by molar-refractivity contribution is 0.135. The summed E-state index contributed by atoms with van der Waals surface area (Å²) >= 11 is 0. The topological polar surface area (TPSA) is 50.4 Å². The zero-order valence-corrected chi connectivity index (χ0v) is 11.2. The molecule has 1 fully saturated rings. The summed E-state index contributed by atoms with van der Waals surface area (Å²) in [6.45, 7) is 3.33. The van der Waals surface area contributed by atoms with Crippen molar-refractivity contribution in [2.75, 3.05) is 6.54 Å². The number of alkyl carbamates (subject to hydrolysis) is 1. The SMILES string of the molecule is CC1NCCC1NC(=O)OCc1ccccc1.Cl. The molecule has 1 aromatic rings. The largest absolute Gasteiger partial charge is 0.445 e. The molecule has 2 rings (SSSR count). The maximum atomic E-state index is 11.6. The third-order valence-electron chi connectivity index (χ3n) is 3.04. The molecule has 2 N–H and O–H groups in total. The molecule has 0 aliphatic carbocycles. The number of hydrogen-bond acceptors (Lipinski definition) is 3. The van der Waals surface area contributed by atoms with Crippen molar-refractivity contribution < 1.29 is 9.53 Å². The number of rotatable bonds is 3. The van der Waals surface area contributed by atoms with E-state index in [0.29, 0.717) is 12.6 Å². The smallest absolute Gasteiger partial charge is 0.407 e. The van der Waals surface area contributed by atoms with Crippen LogP contribution in [0, 0.1) is 0 Å². The van der Waals surface area contributed by atoms with Crippen LogP contribution in [0.4, 0.5) is 4.79 Å². The Morgan fingerprint density at radius 2 is 2.17 bits per heavy atom. The Morgan fingerprint density at radius 1 is 1.44 bits per heavy atom. The van der Waals surface area contributed by atoms with Gasteiger partial charge in [0.2, 0.25) is 0 Å². The molecule has 1 heterocycles. The molecule has 1 aromatic carbocycles. The zero-order chi connectivity index (χ0) is 12.1. The van der Waals surface area contributed by atoms with Gasteiger partial charge in [0.15, 0.2) is 0 Å². The fourth-order valence-electron chi connectivity index (χ4n) is 1.97. The summed E-state index contributed by atoms with van der Waals surface area (Å²) in [6.07, 6.45) is 0.621. The second-order valence-corrected chi connectivity index (χ2v) is 4.34. The van der Waals surface area contributed by atoms with Crippen LogP contribution in [0.5, 0.6) is 0 Å². The van der Waals surface area contributed by atoms with Crippen molar-refractivity contribution in [2.45, 2.75) is 32.0 Å². The van der Waals surface area contributed by atoms with Crippen LogP contribution in [0.1, 0.15) is 18.9 Å². The lowest BCUT2D eigenvalue weighted by Gasteiger charge is -2.16. The van der Waals surface area contributed by atoms with Gasteiger partial charge in [0, 0.05) is 12.1 Å². The molecule has 1 aliphatic rings. The molecule has 0 spiro atoms. The van der Waals surface area contributed by atoms with E-state index in [2.05, 4.69) is 17.6 Å². The van der Waals surface area contributed by atoms with Gasteiger partial charge in [0.05, 0.1) is 0 Å². The van der Waals surface area contributed by atoms with Crippen molar-refractivity contribution in [2.24, 2.45) is 0 Å². The van der Waals surface area contributed by atoms with Crippen LogP contribution in [0.25, 0.3) is 0 Å². The molecule has 0 saturated carbocycles. The van der Waals surface area contributed by atoms with Gasteiger partial charge in [-0.2, -0.15) is 0 Å². The van der Waals surface area contributed by atoms with E-state index >= 15 is 0 Å². The van der Waals surface area contributed by atoms with E-state index in [9.17, 15) is 4.79 Å². The Hall–Kier alpha value is -1.26. The summed E-state index contributed by atoms with van der Waals surface area (Å²) < 4.78 is 5.16. The Bertz CT molecular complexity index is 373. The maximum Gasteiger partial charge on any atom is 0.407 e. The quantitative estimate of drug-likeness (QED) is 0.884. The first kappa shape index (κ1) is 14.8. The second kappa shape index (κ2) is 7.24. The zero-order valence-electron chi connectivity index (χ0n) is 10.4. The van der Waals surface area contributed by atoms with E-state index in [0.717, 1.165) is 18.5 Å². The molecule has 5 heteroatoms. The van der Waals surface area contributed by atoms with Crippen LogP contribution in [0.2, 0.25) is 0 Å². The molecule has 1 aliphatic heterocycles. The number of benzene rings is 1. The summed E-state index contributed by atoms with van der Waals surface area (Å²) in [5, 5.41) is 6.15. The summed E-state index contributed by atoms with van der Waals surface area (Å²) in [4.78, 5) is 11.6. The van der Waals surface area contributed by atoms with Gasteiger partial charge in [-0.15, -0.1) is 12.4 Å². The predicted molar refractivity (Wildman–Crippen MR) is 72.9 cm³/mol. The number of nitrogens with one attached hydrogen (secondary N) is 2. The third kappa shape index (κ3) is 4.20. The Kier molecular flexibility index (Phi) is 5.95. The number of hydrogen-bond donors (Lipinski definition) is 2. The Balaban J connectivity index is 0.00000162. The molecular formula is C13H19ClN2O2. The fourth-order valence-corrected chi connectivity index (χ4v) is 1.97. The minimum atomic E-state index is -0.339. The van der Waals surface area contributed by atoms with Gasteiger partial charge >= 0.3 is 6.09 Å². The average molecular weight is 271 g/mol. The molecule has 2 unspecified atom stereocenters. The van der Waals surface area contributed by atoms with E-state index in [1.54, 1.807) is 0 Å². The molecule has 4 nitrogen and oxygen atoms in total. The lowest BCUT2D eigenvalue weighted by atomic mass is 10.1. The van der Waals surface area contributed by atoms with E-state index in [4.69, 9.17) is 4.74 Å².